The van der Waals surface area contributed by atoms with Crippen molar-refractivity contribution in [3.63, 3.8) is 0 Å². The van der Waals surface area contributed by atoms with Crippen LogP contribution in [0.4, 0.5) is 4.39 Å². The van der Waals surface area contributed by atoms with Crippen molar-refractivity contribution in [2.45, 2.75) is 19.8 Å². The van der Waals surface area contributed by atoms with Crippen LogP contribution in [0, 0.1) is 5.82 Å². The fraction of sp³-hybridized carbons (Fsp3) is 0.364. The lowest BCUT2D eigenvalue weighted by atomic mass is 10.1. The summed E-state index contributed by atoms with van der Waals surface area (Å²) in [5, 5.41) is 7.57. The summed E-state index contributed by atoms with van der Waals surface area (Å²) in [5.41, 5.74) is 1.25. The molecule has 3 nitrogen and oxygen atoms in total. The van der Waals surface area contributed by atoms with Gasteiger partial charge in [-0.1, -0.05) is 13.8 Å². The minimum absolute atomic E-state index is 0.255. The van der Waals surface area contributed by atoms with Gasteiger partial charge < -0.3 is 4.74 Å². The average Bonchev–Trinajstić information content (AvgIpc) is 2.64. The van der Waals surface area contributed by atoms with Gasteiger partial charge in [0.2, 0.25) is 0 Å². The number of nitrogens with zero attached hydrogens (tertiary/aromatic N) is 1. The second kappa shape index (κ2) is 3.53. The lowest BCUT2D eigenvalue weighted by molar-refractivity contribution is 0.418. The predicted octanol–water partition coefficient (Wildman–Crippen LogP) is 2.83. The molecular formula is C11H13FN2O. The number of H-pyrrole nitrogens is 1. The van der Waals surface area contributed by atoms with E-state index < -0.39 is 0 Å². The molecule has 1 N–H and O–H groups in total. The fourth-order valence-electron chi connectivity index (χ4n) is 1.68. The maximum Gasteiger partial charge on any atom is 0.151 e. The molecule has 0 fully saturated rings. The van der Waals surface area contributed by atoms with Gasteiger partial charge in [-0.3, -0.25) is 5.10 Å². The van der Waals surface area contributed by atoms with Gasteiger partial charge in [-0.25, -0.2) is 4.39 Å². The topological polar surface area (TPSA) is 37.9 Å². The summed E-state index contributed by atoms with van der Waals surface area (Å²) in [6.45, 7) is 4.05. The Hall–Kier alpha value is -1.58. The van der Waals surface area contributed by atoms with Gasteiger partial charge in [-0.15, -0.1) is 0 Å². The zero-order valence-electron chi connectivity index (χ0n) is 8.97. The Morgan fingerprint density at radius 1 is 1.40 bits per heavy atom. The second-order valence-corrected chi connectivity index (χ2v) is 3.77. The number of hydrogen-bond donors (Lipinski definition) is 1. The smallest absolute Gasteiger partial charge is 0.151 e. The number of fused-ring (bicyclic) bond motifs is 1. The molecule has 2 aromatic rings. The molecule has 1 aromatic carbocycles. The Morgan fingerprint density at radius 2 is 2.13 bits per heavy atom. The first kappa shape index (κ1) is 9.96. The number of ether oxygens (including phenoxy) is 1. The first-order valence-corrected chi connectivity index (χ1v) is 4.85. The highest BCUT2D eigenvalue weighted by Crippen LogP contribution is 2.32. The van der Waals surface area contributed by atoms with E-state index in [2.05, 4.69) is 10.2 Å². The van der Waals surface area contributed by atoms with Crippen molar-refractivity contribution < 1.29 is 9.13 Å². The standard InChI is InChI=1S/C11H13FN2O/c1-6(2)10-9-8(15-3)5-4-7(12)11(9)14-13-10/h4-6H,1-3H3,(H,13,14). The zero-order valence-corrected chi connectivity index (χ0v) is 8.97. The number of methoxy groups -OCH3 is 1. The van der Waals surface area contributed by atoms with Crippen LogP contribution in [0.5, 0.6) is 5.75 Å². The highest BCUT2D eigenvalue weighted by molar-refractivity contribution is 5.88. The van der Waals surface area contributed by atoms with Crippen molar-refractivity contribution in [1.82, 2.24) is 10.2 Å². The van der Waals surface area contributed by atoms with Crippen molar-refractivity contribution in [3.8, 4) is 5.75 Å². The molecule has 0 radical (unpaired) electrons. The van der Waals surface area contributed by atoms with E-state index in [0.29, 0.717) is 11.3 Å². The molecular weight excluding hydrogens is 195 g/mol. The normalized spacial score (nSPS) is 11.3. The lowest BCUT2D eigenvalue weighted by Crippen LogP contribution is -1.91. The Balaban J connectivity index is 2.81. The summed E-state index contributed by atoms with van der Waals surface area (Å²) in [6.07, 6.45) is 0. The van der Waals surface area contributed by atoms with Crippen LogP contribution in [-0.2, 0) is 0 Å². The number of aromatic nitrogens is 2. The van der Waals surface area contributed by atoms with Gasteiger partial charge in [0.15, 0.2) is 5.82 Å². The van der Waals surface area contributed by atoms with Crippen molar-refractivity contribution >= 4 is 10.9 Å². The van der Waals surface area contributed by atoms with Gasteiger partial charge in [0.1, 0.15) is 11.3 Å². The molecule has 0 spiro atoms. The monoisotopic (exact) mass is 208 g/mol. The molecule has 0 amide bonds. The fourth-order valence-corrected chi connectivity index (χ4v) is 1.68. The zero-order chi connectivity index (χ0) is 11.0. The van der Waals surface area contributed by atoms with E-state index in [-0.39, 0.29) is 11.7 Å². The predicted molar refractivity (Wildman–Crippen MR) is 56.7 cm³/mol. The molecule has 4 heteroatoms. The Kier molecular flexibility index (Phi) is 2.34. The maximum atomic E-state index is 13.4. The van der Waals surface area contributed by atoms with Gasteiger partial charge in [0.05, 0.1) is 12.5 Å². The Labute approximate surface area is 87.2 Å². The summed E-state index contributed by atoms with van der Waals surface area (Å²) in [6, 6.07) is 2.99. The number of rotatable bonds is 2. The molecule has 0 aliphatic heterocycles. The average molecular weight is 208 g/mol. The van der Waals surface area contributed by atoms with Crippen LogP contribution >= 0.6 is 0 Å². The Morgan fingerprint density at radius 3 is 2.73 bits per heavy atom. The molecule has 0 unspecified atom stereocenters. The van der Waals surface area contributed by atoms with Crippen molar-refractivity contribution in [2.75, 3.05) is 7.11 Å². The molecule has 0 aliphatic carbocycles. The van der Waals surface area contributed by atoms with E-state index in [1.165, 1.54) is 6.07 Å². The quantitative estimate of drug-likeness (QED) is 0.824. The van der Waals surface area contributed by atoms with Gasteiger partial charge >= 0.3 is 0 Å². The van der Waals surface area contributed by atoms with E-state index in [9.17, 15) is 4.39 Å². The number of hydrogen-bond acceptors (Lipinski definition) is 2. The first-order chi connectivity index (χ1) is 7.15. The molecule has 0 bridgehead atoms. The second-order valence-electron chi connectivity index (χ2n) is 3.77. The molecule has 2 rings (SSSR count). The molecule has 1 aromatic heterocycles. The number of benzene rings is 1. The van der Waals surface area contributed by atoms with E-state index in [4.69, 9.17) is 4.74 Å². The van der Waals surface area contributed by atoms with Crippen LogP contribution in [0.15, 0.2) is 12.1 Å². The Bertz CT molecular complexity index is 491. The van der Waals surface area contributed by atoms with Crippen molar-refractivity contribution in [3.05, 3.63) is 23.6 Å². The summed E-state index contributed by atoms with van der Waals surface area (Å²) in [4.78, 5) is 0. The summed E-state index contributed by atoms with van der Waals surface area (Å²) >= 11 is 0. The number of halogens is 1. The summed E-state index contributed by atoms with van der Waals surface area (Å²) in [5.74, 6) is 0.587. The molecule has 0 aliphatic rings. The van der Waals surface area contributed by atoms with Crippen molar-refractivity contribution in [2.24, 2.45) is 0 Å². The third-order valence-electron chi connectivity index (χ3n) is 2.45. The number of aromatic amines is 1. The lowest BCUT2D eigenvalue weighted by Gasteiger charge is -2.06. The third kappa shape index (κ3) is 1.46. The first-order valence-electron chi connectivity index (χ1n) is 4.85. The molecule has 0 saturated carbocycles. The largest absolute Gasteiger partial charge is 0.496 e. The molecule has 1 heterocycles. The van der Waals surface area contributed by atoms with E-state index in [1.807, 2.05) is 13.8 Å². The summed E-state index contributed by atoms with van der Waals surface area (Å²) < 4.78 is 18.6. The van der Waals surface area contributed by atoms with Gasteiger partial charge in [0, 0.05) is 5.69 Å². The van der Waals surface area contributed by atoms with Crippen LogP contribution in [-0.4, -0.2) is 17.3 Å². The van der Waals surface area contributed by atoms with Gasteiger partial charge in [0.25, 0.3) is 0 Å². The minimum Gasteiger partial charge on any atom is -0.496 e. The molecule has 0 atom stereocenters. The molecule has 15 heavy (non-hydrogen) atoms. The van der Waals surface area contributed by atoms with Crippen LogP contribution in [0.3, 0.4) is 0 Å². The van der Waals surface area contributed by atoms with Gasteiger partial charge in [-0.2, -0.15) is 5.10 Å². The molecule has 0 saturated heterocycles. The molecule has 80 valence electrons. The van der Waals surface area contributed by atoms with Crippen LogP contribution < -0.4 is 4.74 Å². The van der Waals surface area contributed by atoms with Crippen LogP contribution in [0.1, 0.15) is 25.5 Å². The van der Waals surface area contributed by atoms with Crippen LogP contribution in [0.25, 0.3) is 10.9 Å². The third-order valence-corrected chi connectivity index (χ3v) is 2.45. The van der Waals surface area contributed by atoms with Crippen LogP contribution in [0.2, 0.25) is 0 Å². The maximum absolute atomic E-state index is 13.4. The summed E-state index contributed by atoms with van der Waals surface area (Å²) in [7, 11) is 1.57. The number of nitrogens with one attached hydrogen (secondary N) is 1. The van der Waals surface area contributed by atoms with Crippen molar-refractivity contribution in [1.29, 1.82) is 0 Å². The van der Waals surface area contributed by atoms with E-state index in [0.717, 1.165) is 11.1 Å². The highest BCUT2D eigenvalue weighted by atomic mass is 19.1. The minimum atomic E-state index is -0.325. The van der Waals surface area contributed by atoms with Gasteiger partial charge in [-0.05, 0) is 18.1 Å². The highest BCUT2D eigenvalue weighted by Gasteiger charge is 2.16. The van der Waals surface area contributed by atoms with E-state index >= 15 is 0 Å². The van der Waals surface area contributed by atoms with E-state index in [1.54, 1.807) is 13.2 Å². The SMILES string of the molecule is COc1ccc(F)c2n[nH]c(C(C)C)c12.